The lowest BCUT2D eigenvalue weighted by Gasteiger charge is -1.99. The second-order valence-electron chi connectivity index (χ2n) is 2.06. The van der Waals surface area contributed by atoms with Crippen LogP contribution in [-0.2, 0) is 0 Å². The molecular formula is C6H2BClFNO2. The number of nitro groups is 1. The van der Waals surface area contributed by atoms with E-state index in [1.54, 1.807) is 0 Å². The Balaban J connectivity index is 3.43. The van der Waals surface area contributed by atoms with Gasteiger partial charge in [-0.05, 0) is 6.07 Å². The summed E-state index contributed by atoms with van der Waals surface area (Å²) in [6, 6.07) is 2.07. The van der Waals surface area contributed by atoms with E-state index in [1.807, 2.05) is 0 Å². The standard InChI is InChI=1S/C6H2BClFNO2/c7-3-1-2-4(9)6(5(3)8)10(11)12/h1-2H. The van der Waals surface area contributed by atoms with Gasteiger partial charge in [0, 0.05) is 0 Å². The monoisotopic (exact) mass is 185 g/mol. The SMILES string of the molecule is [B]c1ccc(F)c([N+](=O)[O-])c1Cl. The fourth-order valence-corrected chi connectivity index (χ4v) is 0.946. The van der Waals surface area contributed by atoms with E-state index < -0.39 is 16.4 Å². The summed E-state index contributed by atoms with van der Waals surface area (Å²) in [6.45, 7) is 0. The third-order valence-corrected chi connectivity index (χ3v) is 1.68. The molecule has 0 aliphatic carbocycles. The first-order chi connectivity index (χ1) is 5.54. The molecule has 6 heteroatoms. The van der Waals surface area contributed by atoms with Crippen molar-refractivity contribution in [1.82, 2.24) is 0 Å². The van der Waals surface area contributed by atoms with Crippen LogP contribution in [-0.4, -0.2) is 12.8 Å². The van der Waals surface area contributed by atoms with Crippen LogP contribution in [0.1, 0.15) is 0 Å². The van der Waals surface area contributed by atoms with Gasteiger partial charge in [-0.15, -0.1) is 0 Å². The number of rotatable bonds is 1. The van der Waals surface area contributed by atoms with Gasteiger partial charge in [0.2, 0.25) is 5.82 Å². The van der Waals surface area contributed by atoms with Crippen molar-refractivity contribution in [1.29, 1.82) is 0 Å². The zero-order valence-corrected chi connectivity index (χ0v) is 6.51. The van der Waals surface area contributed by atoms with Crippen LogP contribution in [0.4, 0.5) is 10.1 Å². The summed E-state index contributed by atoms with van der Waals surface area (Å²) in [7, 11) is 5.22. The quantitative estimate of drug-likeness (QED) is 0.374. The van der Waals surface area contributed by atoms with Gasteiger partial charge in [0.1, 0.15) is 12.9 Å². The van der Waals surface area contributed by atoms with Crippen molar-refractivity contribution in [2.75, 3.05) is 0 Å². The highest BCUT2D eigenvalue weighted by molar-refractivity contribution is 6.46. The number of nitro benzene ring substituents is 1. The Morgan fingerprint density at radius 3 is 2.58 bits per heavy atom. The van der Waals surface area contributed by atoms with Gasteiger partial charge in [0.15, 0.2) is 0 Å². The molecule has 1 aromatic rings. The van der Waals surface area contributed by atoms with Crippen LogP contribution in [0.2, 0.25) is 5.02 Å². The molecule has 12 heavy (non-hydrogen) atoms. The van der Waals surface area contributed by atoms with Gasteiger partial charge >= 0.3 is 5.69 Å². The van der Waals surface area contributed by atoms with E-state index in [4.69, 9.17) is 19.4 Å². The van der Waals surface area contributed by atoms with E-state index in [0.717, 1.165) is 6.07 Å². The zero-order chi connectivity index (χ0) is 9.30. The van der Waals surface area contributed by atoms with Crippen LogP contribution in [0, 0.1) is 15.9 Å². The smallest absolute Gasteiger partial charge is 0.258 e. The molecule has 0 amide bonds. The van der Waals surface area contributed by atoms with E-state index in [0.29, 0.717) is 0 Å². The summed E-state index contributed by atoms with van der Waals surface area (Å²) >= 11 is 5.39. The average Bonchev–Trinajstić information content (AvgIpc) is 1.97. The van der Waals surface area contributed by atoms with Crippen LogP contribution in [0.15, 0.2) is 12.1 Å². The first-order valence-electron chi connectivity index (χ1n) is 2.92. The molecule has 3 nitrogen and oxygen atoms in total. The van der Waals surface area contributed by atoms with E-state index in [1.165, 1.54) is 6.07 Å². The minimum absolute atomic E-state index is 0.00948. The molecule has 1 aromatic carbocycles. The highest BCUT2D eigenvalue weighted by Crippen LogP contribution is 2.24. The van der Waals surface area contributed by atoms with Crippen LogP contribution in [0.5, 0.6) is 0 Å². The van der Waals surface area contributed by atoms with Gasteiger partial charge in [0.25, 0.3) is 0 Å². The Morgan fingerprint density at radius 2 is 2.17 bits per heavy atom. The summed E-state index contributed by atoms with van der Waals surface area (Å²) < 4.78 is 12.7. The third kappa shape index (κ3) is 1.40. The second kappa shape index (κ2) is 3.10. The van der Waals surface area contributed by atoms with E-state index in [2.05, 4.69) is 0 Å². The Morgan fingerprint density at radius 1 is 1.58 bits per heavy atom. The van der Waals surface area contributed by atoms with Gasteiger partial charge < -0.3 is 0 Å². The lowest BCUT2D eigenvalue weighted by atomic mass is 9.95. The van der Waals surface area contributed by atoms with E-state index in [-0.39, 0.29) is 10.5 Å². The normalized spacial score (nSPS) is 9.83. The summed E-state index contributed by atoms with van der Waals surface area (Å²) in [5.41, 5.74) is -0.790. The lowest BCUT2D eigenvalue weighted by molar-refractivity contribution is -0.387. The molecule has 0 N–H and O–H groups in total. The van der Waals surface area contributed by atoms with Gasteiger partial charge in [-0.3, -0.25) is 10.1 Å². The molecule has 0 atom stereocenters. The molecular weight excluding hydrogens is 183 g/mol. The maximum absolute atomic E-state index is 12.7. The van der Waals surface area contributed by atoms with Crippen molar-refractivity contribution in [2.45, 2.75) is 0 Å². The molecule has 2 radical (unpaired) electrons. The fourth-order valence-electron chi connectivity index (χ4n) is 0.724. The predicted octanol–water partition coefficient (Wildman–Crippen LogP) is 1.18. The van der Waals surface area contributed by atoms with Crippen LogP contribution < -0.4 is 5.46 Å². The lowest BCUT2D eigenvalue weighted by Crippen LogP contribution is -2.07. The molecule has 0 unspecified atom stereocenters. The van der Waals surface area contributed by atoms with E-state index in [9.17, 15) is 14.5 Å². The van der Waals surface area contributed by atoms with Gasteiger partial charge in [0.05, 0.1) is 4.92 Å². The molecule has 0 bridgehead atoms. The highest BCUT2D eigenvalue weighted by Gasteiger charge is 2.19. The van der Waals surface area contributed by atoms with Crippen molar-refractivity contribution in [3.8, 4) is 0 Å². The van der Waals surface area contributed by atoms with Crippen molar-refractivity contribution in [3.63, 3.8) is 0 Å². The maximum atomic E-state index is 12.7. The Hall–Kier alpha value is -1.10. The largest absolute Gasteiger partial charge is 0.322 e. The molecule has 1 rings (SSSR count). The second-order valence-corrected chi connectivity index (χ2v) is 2.43. The minimum Gasteiger partial charge on any atom is -0.258 e. The molecule has 0 heterocycles. The third-order valence-electron chi connectivity index (χ3n) is 1.28. The molecule has 0 aromatic heterocycles. The fraction of sp³-hybridized carbons (Fsp3) is 0. The number of hydrogen-bond donors (Lipinski definition) is 0. The summed E-state index contributed by atoms with van der Waals surface area (Å²) in [5, 5.41) is 9.86. The minimum atomic E-state index is -0.987. The number of halogens is 2. The maximum Gasteiger partial charge on any atom is 0.322 e. The first kappa shape index (κ1) is 9.00. The van der Waals surface area contributed by atoms with Crippen LogP contribution in [0.25, 0.3) is 0 Å². The van der Waals surface area contributed by atoms with Crippen molar-refractivity contribution < 1.29 is 9.31 Å². The van der Waals surface area contributed by atoms with Crippen molar-refractivity contribution in [2.24, 2.45) is 0 Å². The Labute approximate surface area is 73.7 Å². The average molecular weight is 185 g/mol. The summed E-state index contributed by atoms with van der Waals surface area (Å²) in [5.74, 6) is -0.987. The van der Waals surface area contributed by atoms with Gasteiger partial charge in [-0.2, -0.15) is 4.39 Å². The molecule has 0 saturated carbocycles. The predicted molar refractivity (Wildman–Crippen MR) is 43.5 cm³/mol. The Bertz CT molecular complexity index is 345. The molecule has 0 saturated heterocycles. The highest BCUT2D eigenvalue weighted by atomic mass is 35.5. The van der Waals surface area contributed by atoms with Crippen LogP contribution >= 0.6 is 11.6 Å². The number of benzene rings is 1. The van der Waals surface area contributed by atoms with Gasteiger partial charge in [-0.25, -0.2) is 0 Å². The molecule has 60 valence electrons. The Kier molecular flexibility index (Phi) is 2.33. The summed E-state index contributed by atoms with van der Waals surface area (Å²) in [6.07, 6.45) is 0. The molecule has 0 fully saturated rings. The molecule has 0 spiro atoms. The number of hydrogen-bond acceptors (Lipinski definition) is 2. The van der Waals surface area contributed by atoms with Crippen LogP contribution in [0.3, 0.4) is 0 Å². The van der Waals surface area contributed by atoms with Crippen molar-refractivity contribution >= 4 is 30.6 Å². The summed E-state index contributed by atoms with van der Waals surface area (Å²) in [4.78, 5) is 9.31. The van der Waals surface area contributed by atoms with Crippen molar-refractivity contribution in [3.05, 3.63) is 33.1 Å². The van der Waals surface area contributed by atoms with Gasteiger partial charge in [-0.1, -0.05) is 23.1 Å². The molecule has 0 aliphatic rings. The molecule has 0 aliphatic heterocycles. The zero-order valence-electron chi connectivity index (χ0n) is 5.75. The first-order valence-corrected chi connectivity index (χ1v) is 3.29. The number of nitrogens with zero attached hydrogens (tertiary/aromatic N) is 1. The van der Waals surface area contributed by atoms with E-state index >= 15 is 0 Å². The topological polar surface area (TPSA) is 43.1 Å².